The fourth-order valence-electron chi connectivity index (χ4n) is 3.82. The second kappa shape index (κ2) is 9.24. The summed E-state index contributed by atoms with van der Waals surface area (Å²) in [5.74, 6) is -0.744. The third kappa shape index (κ3) is 4.55. The smallest absolute Gasteiger partial charge is 0.340 e. The Morgan fingerprint density at radius 3 is 2.59 bits per heavy atom. The summed E-state index contributed by atoms with van der Waals surface area (Å²) in [4.78, 5) is 12.4. The number of para-hydroxylation sites is 1. The number of nitrogens with one attached hydrogen (secondary N) is 1. The molecule has 0 fully saturated rings. The van der Waals surface area contributed by atoms with E-state index in [0.717, 1.165) is 39.9 Å². The summed E-state index contributed by atoms with van der Waals surface area (Å²) >= 11 is 0. The first-order chi connectivity index (χ1) is 16.3. The Morgan fingerprint density at radius 2 is 1.82 bits per heavy atom. The van der Waals surface area contributed by atoms with Gasteiger partial charge in [-0.3, -0.25) is 4.79 Å². The number of fused-ring (bicyclic) bond motifs is 1. The number of nitriles is 1. The number of alkyl halides is 3. The van der Waals surface area contributed by atoms with Gasteiger partial charge < -0.3 is 4.57 Å². The van der Waals surface area contributed by atoms with Crippen molar-refractivity contribution in [3.63, 3.8) is 0 Å². The van der Waals surface area contributed by atoms with E-state index in [4.69, 9.17) is 0 Å². The van der Waals surface area contributed by atoms with Crippen molar-refractivity contribution in [1.82, 2.24) is 9.99 Å². The first-order valence-corrected chi connectivity index (χ1v) is 10.4. The number of carbonyl (C=O) groups is 1. The Labute approximate surface area is 193 Å². The molecule has 1 N–H and O–H groups in total. The minimum atomic E-state index is -4.54. The largest absolute Gasteiger partial charge is 0.416 e. The number of aromatic nitrogens is 1. The molecule has 5 nitrogen and oxygen atoms in total. The molecule has 4 aromatic rings. The van der Waals surface area contributed by atoms with Crippen LogP contribution in [0.5, 0.6) is 0 Å². The van der Waals surface area contributed by atoms with Crippen LogP contribution in [0.25, 0.3) is 10.9 Å². The molecule has 0 radical (unpaired) electrons. The Kier molecular flexibility index (Phi) is 6.19. The topological polar surface area (TPSA) is 70.2 Å². The summed E-state index contributed by atoms with van der Waals surface area (Å²) in [5.41, 5.74) is 5.28. The molecule has 0 aliphatic rings. The van der Waals surface area contributed by atoms with E-state index in [2.05, 4.69) is 21.2 Å². The molecule has 0 atom stereocenters. The van der Waals surface area contributed by atoms with Crippen LogP contribution in [0.1, 0.15) is 38.3 Å². The van der Waals surface area contributed by atoms with Crippen LogP contribution in [0.2, 0.25) is 0 Å². The van der Waals surface area contributed by atoms with Crippen LogP contribution in [0.15, 0.2) is 77.9 Å². The number of carbonyl (C=O) groups excluding carboxylic acids is 1. The van der Waals surface area contributed by atoms with E-state index in [0.29, 0.717) is 12.1 Å². The van der Waals surface area contributed by atoms with E-state index in [1.165, 1.54) is 18.3 Å². The standard InChI is InChI=1S/C26H19F3N4O/c1-17-23(15-31-32-25(34)18-9-6-10-21(13-18)26(27,28)29)22-11-4-5-12-24(22)33(17)16-20-8-3-2-7-19(20)14-30/h2-13,15H,16H2,1H3,(H,32,34). The minimum Gasteiger partial charge on any atom is -0.340 e. The SMILES string of the molecule is Cc1c(C=NNC(=O)c2cccc(C(F)(F)F)c2)c2ccccc2n1Cc1ccccc1C#N. The van der Waals surface area contributed by atoms with Crippen molar-refractivity contribution < 1.29 is 18.0 Å². The Morgan fingerprint density at radius 1 is 1.09 bits per heavy atom. The van der Waals surface area contributed by atoms with Gasteiger partial charge in [0.25, 0.3) is 5.91 Å². The van der Waals surface area contributed by atoms with Gasteiger partial charge in [-0.15, -0.1) is 0 Å². The second-order valence-corrected chi connectivity index (χ2v) is 7.65. The maximum Gasteiger partial charge on any atom is 0.416 e. The van der Waals surface area contributed by atoms with Gasteiger partial charge in [0.1, 0.15) is 0 Å². The third-order valence-corrected chi connectivity index (χ3v) is 5.56. The molecule has 170 valence electrons. The molecule has 0 aliphatic carbocycles. The lowest BCUT2D eigenvalue weighted by Crippen LogP contribution is -2.18. The molecule has 0 saturated carbocycles. The predicted octanol–water partition coefficient (Wildman–Crippen LogP) is 5.65. The number of halogens is 3. The van der Waals surface area contributed by atoms with Gasteiger partial charge in [0.2, 0.25) is 0 Å². The van der Waals surface area contributed by atoms with Crippen LogP contribution in [-0.4, -0.2) is 16.7 Å². The highest BCUT2D eigenvalue weighted by Gasteiger charge is 2.30. The highest BCUT2D eigenvalue weighted by molar-refractivity contribution is 6.02. The van der Waals surface area contributed by atoms with Gasteiger partial charge in [-0.25, -0.2) is 5.43 Å². The number of hydrazone groups is 1. The first-order valence-electron chi connectivity index (χ1n) is 10.4. The van der Waals surface area contributed by atoms with Crippen LogP contribution in [0.4, 0.5) is 13.2 Å². The van der Waals surface area contributed by atoms with E-state index in [9.17, 15) is 23.2 Å². The summed E-state index contributed by atoms with van der Waals surface area (Å²) < 4.78 is 40.8. The molecule has 4 rings (SSSR count). The van der Waals surface area contributed by atoms with Crippen LogP contribution in [0.3, 0.4) is 0 Å². The summed E-state index contributed by atoms with van der Waals surface area (Å²) in [7, 11) is 0. The molecule has 1 amide bonds. The summed E-state index contributed by atoms with van der Waals surface area (Å²) in [6.07, 6.45) is -3.06. The van der Waals surface area contributed by atoms with Crippen molar-refractivity contribution in [2.45, 2.75) is 19.6 Å². The maximum absolute atomic E-state index is 12.9. The number of rotatable bonds is 5. The average Bonchev–Trinajstić information content (AvgIpc) is 3.10. The fourth-order valence-corrected chi connectivity index (χ4v) is 3.82. The Balaban J connectivity index is 1.62. The third-order valence-electron chi connectivity index (χ3n) is 5.56. The van der Waals surface area contributed by atoms with Crippen molar-refractivity contribution in [1.29, 1.82) is 5.26 Å². The molecule has 3 aromatic carbocycles. The van der Waals surface area contributed by atoms with Gasteiger partial charge in [0.15, 0.2) is 0 Å². The number of amides is 1. The van der Waals surface area contributed by atoms with Crippen molar-refractivity contribution in [2.24, 2.45) is 5.10 Å². The lowest BCUT2D eigenvalue weighted by Gasteiger charge is -2.10. The minimum absolute atomic E-state index is 0.140. The highest BCUT2D eigenvalue weighted by Crippen LogP contribution is 2.29. The van der Waals surface area contributed by atoms with Crippen molar-refractivity contribution in [3.8, 4) is 6.07 Å². The molecule has 1 aromatic heterocycles. The van der Waals surface area contributed by atoms with Crippen molar-refractivity contribution in [2.75, 3.05) is 0 Å². The zero-order valence-corrected chi connectivity index (χ0v) is 18.1. The van der Waals surface area contributed by atoms with Gasteiger partial charge >= 0.3 is 6.18 Å². The highest BCUT2D eigenvalue weighted by atomic mass is 19.4. The number of benzene rings is 3. The maximum atomic E-state index is 12.9. The number of hydrogen-bond donors (Lipinski definition) is 1. The molecule has 8 heteroatoms. The zero-order valence-electron chi connectivity index (χ0n) is 18.1. The lowest BCUT2D eigenvalue weighted by molar-refractivity contribution is -0.137. The second-order valence-electron chi connectivity index (χ2n) is 7.65. The van der Waals surface area contributed by atoms with Gasteiger partial charge in [-0.05, 0) is 42.8 Å². The zero-order chi connectivity index (χ0) is 24.3. The molecule has 0 bridgehead atoms. The van der Waals surface area contributed by atoms with Crippen molar-refractivity contribution >= 4 is 23.0 Å². The van der Waals surface area contributed by atoms with Crippen LogP contribution in [-0.2, 0) is 12.7 Å². The van der Waals surface area contributed by atoms with Gasteiger partial charge in [-0.1, -0.05) is 42.5 Å². The molecule has 34 heavy (non-hydrogen) atoms. The quantitative estimate of drug-likeness (QED) is 0.309. The predicted molar refractivity (Wildman–Crippen MR) is 123 cm³/mol. The van der Waals surface area contributed by atoms with Crippen LogP contribution < -0.4 is 5.43 Å². The monoisotopic (exact) mass is 460 g/mol. The summed E-state index contributed by atoms with van der Waals surface area (Å²) in [5, 5.41) is 14.3. The lowest BCUT2D eigenvalue weighted by atomic mass is 10.1. The normalized spacial score (nSPS) is 11.6. The van der Waals surface area contributed by atoms with E-state index in [1.54, 1.807) is 6.07 Å². The summed E-state index contributed by atoms with van der Waals surface area (Å²) in [6, 6.07) is 21.4. The molecule has 0 unspecified atom stereocenters. The first kappa shape index (κ1) is 22.8. The van der Waals surface area contributed by atoms with E-state index < -0.39 is 17.6 Å². The number of hydrogen-bond acceptors (Lipinski definition) is 3. The molecule has 1 heterocycles. The van der Waals surface area contributed by atoms with E-state index in [1.807, 2.05) is 49.4 Å². The van der Waals surface area contributed by atoms with Crippen LogP contribution in [0, 0.1) is 18.3 Å². The Hall–Kier alpha value is -4.38. The van der Waals surface area contributed by atoms with Gasteiger partial charge in [0, 0.05) is 34.3 Å². The van der Waals surface area contributed by atoms with Crippen molar-refractivity contribution in [3.05, 3.63) is 106 Å². The van der Waals surface area contributed by atoms with Gasteiger partial charge in [-0.2, -0.15) is 23.5 Å². The molecule has 0 spiro atoms. The Bertz CT molecular complexity index is 1440. The molecule has 0 saturated heterocycles. The molecular formula is C26H19F3N4O. The fraction of sp³-hybridized carbons (Fsp3) is 0.115. The average molecular weight is 460 g/mol. The van der Waals surface area contributed by atoms with Crippen LogP contribution >= 0.6 is 0 Å². The molecular weight excluding hydrogens is 441 g/mol. The van der Waals surface area contributed by atoms with E-state index in [-0.39, 0.29) is 5.56 Å². The number of nitrogens with zero attached hydrogens (tertiary/aromatic N) is 3. The van der Waals surface area contributed by atoms with E-state index >= 15 is 0 Å². The molecule has 0 aliphatic heterocycles. The van der Waals surface area contributed by atoms with Gasteiger partial charge in [0.05, 0.1) is 23.4 Å². The summed E-state index contributed by atoms with van der Waals surface area (Å²) in [6.45, 7) is 2.38.